The minimum absolute atomic E-state index is 0.0159. The average molecular weight is 337 g/mol. The summed E-state index contributed by atoms with van der Waals surface area (Å²) in [5.41, 5.74) is 0.849. The van der Waals surface area contributed by atoms with Gasteiger partial charge in [-0.05, 0) is 37.3 Å². The van der Waals surface area contributed by atoms with Crippen molar-refractivity contribution in [3.63, 3.8) is 0 Å². The van der Waals surface area contributed by atoms with E-state index in [1.807, 2.05) is 6.07 Å². The van der Waals surface area contributed by atoms with E-state index in [2.05, 4.69) is 6.92 Å². The van der Waals surface area contributed by atoms with Gasteiger partial charge in [0.1, 0.15) is 0 Å². The number of phenols is 2. The van der Waals surface area contributed by atoms with Crippen molar-refractivity contribution in [1.29, 1.82) is 0 Å². The van der Waals surface area contributed by atoms with E-state index in [0.717, 1.165) is 31.6 Å². The van der Waals surface area contributed by atoms with Gasteiger partial charge in [-0.3, -0.25) is 0 Å². The Bertz CT molecular complexity index is 418. The van der Waals surface area contributed by atoms with Crippen molar-refractivity contribution in [2.45, 2.75) is 84.0 Å². The predicted molar refractivity (Wildman–Crippen MR) is 101 cm³/mol. The molecule has 0 saturated heterocycles. The Labute approximate surface area is 148 Å². The van der Waals surface area contributed by atoms with Crippen LogP contribution in [0, 0.1) is 0 Å². The van der Waals surface area contributed by atoms with Crippen LogP contribution in [-0.2, 0) is 11.2 Å². The van der Waals surface area contributed by atoms with Crippen LogP contribution < -0.4 is 0 Å². The third kappa shape index (κ3) is 9.82. The molecule has 3 nitrogen and oxygen atoms in total. The molecular formula is C21H36O3. The van der Waals surface area contributed by atoms with Gasteiger partial charge >= 0.3 is 0 Å². The lowest BCUT2D eigenvalue weighted by molar-refractivity contribution is 0.125. The first-order valence-corrected chi connectivity index (χ1v) is 9.83. The zero-order valence-corrected chi connectivity index (χ0v) is 15.4. The van der Waals surface area contributed by atoms with Crippen LogP contribution in [0.1, 0.15) is 83.1 Å². The minimum atomic E-state index is -0.0159. The Morgan fingerprint density at radius 2 is 1.33 bits per heavy atom. The summed E-state index contributed by atoms with van der Waals surface area (Å²) in [6, 6.07) is 5.19. The van der Waals surface area contributed by atoms with Crippen molar-refractivity contribution in [2.75, 3.05) is 13.2 Å². The first-order valence-electron chi connectivity index (χ1n) is 9.83. The normalized spacial score (nSPS) is 11.0. The smallest absolute Gasteiger partial charge is 0.160 e. The second-order valence-electron chi connectivity index (χ2n) is 6.68. The van der Waals surface area contributed by atoms with Crippen molar-refractivity contribution in [3.05, 3.63) is 23.8 Å². The van der Waals surface area contributed by atoms with E-state index in [-0.39, 0.29) is 11.5 Å². The van der Waals surface area contributed by atoms with E-state index >= 15 is 0 Å². The van der Waals surface area contributed by atoms with E-state index in [1.54, 1.807) is 6.07 Å². The number of hydrogen-bond acceptors (Lipinski definition) is 3. The van der Waals surface area contributed by atoms with E-state index in [9.17, 15) is 10.2 Å². The molecule has 0 bridgehead atoms. The van der Waals surface area contributed by atoms with E-state index in [4.69, 9.17) is 4.74 Å². The standard InChI is InChI=1S/C21H36O3/c1-2-3-4-8-11-17-24-18-12-9-6-5-7-10-14-19-15-13-16-20(22)21(19)23/h13,15-16,22-23H,2-12,14,17-18H2,1H3. The topological polar surface area (TPSA) is 49.7 Å². The third-order valence-electron chi connectivity index (χ3n) is 4.48. The number of unbranched alkanes of at least 4 members (excludes halogenated alkanes) is 9. The van der Waals surface area contributed by atoms with Crippen LogP contribution in [0.2, 0.25) is 0 Å². The molecule has 0 heterocycles. The van der Waals surface area contributed by atoms with Gasteiger partial charge < -0.3 is 14.9 Å². The third-order valence-corrected chi connectivity index (χ3v) is 4.48. The van der Waals surface area contributed by atoms with Crippen LogP contribution in [0.4, 0.5) is 0 Å². The van der Waals surface area contributed by atoms with E-state index in [0.29, 0.717) is 0 Å². The molecule has 0 radical (unpaired) electrons. The number of para-hydroxylation sites is 1. The summed E-state index contributed by atoms with van der Waals surface area (Å²) in [4.78, 5) is 0. The molecule has 0 aliphatic carbocycles. The summed E-state index contributed by atoms with van der Waals surface area (Å²) in [6.45, 7) is 4.08. The van der Waals surface area contributed by atoms with Crippen LogP contribution in [0.3, 0.4) is 0 Å². The fourth-order valence-electron chi connectivity index (χ4n) is 2.92. The molecule has 3 heteroatoms. The Kier molecular flexibility index (Phi) is 12.3. The highest BCUT2D eigenvalue weighted by atomic mass is 16.5. The van der Waals surface area contributed by atoms with Crippen LogP contribution in [-0.4, -0.2) is 23.4 Å². The van der Waals surface area contributed by atoms with Crippen molar-refractivity contribution >= 4 is 0 Å². The molecule has 0 spiro atoms. The average Bonchev–Trinajstić information content (AvgIpc) is 2.58. The molecular weight excluding hydrogens is 300 g/mol. The van der Waals surface area contributed by atoms with Gasteiger partial charge in [0.25, 0.3) is 0 Å². The monoisotopic (exact) mass is 336 g/mol. The summed E-state index contributed by atoms with van der Waals surface area (Å²) >= 11 is 0. The Hall–Kier alpha value is -1.22. The lowest BCUT2D eigenvalue weighted by Gasteiger charge is -2.06. The van der Waals surface area contributed by atoms with Crippen LogP contribution in [0.15, 0.2) is 18.2 Å². The van der Waals surface area contributed by atoms with Gasteiger partial charge in [0.05, 0.1) is 0 Å². The van der Waals surface area contributed by atoms with Gasteiger partial charge in [0, 0.05) is 13.2 Å². The molecule has 2 N–H and O–H groups in total. The number of aryl methyl sites for hydroxylation is 1. The number of ether oxygens (including phenoxy) is 1. The summed E-state index contributed by atoms with van der Waals surface area (Å²) < 4.78 is 5.67. The fraction of sp³-hybridized carbons (Fsp3) is 0.714. The second-order valence-corrected chi connectivity index (χ2v) is 6.68. The molecule has 0 amide bonds. The number of benzene rings is 1. The highest BCUT2D eigenvalue weighted by Crippen LogP contribution is 2.29. The molecule has 1 rings (SSSR count). The van der Waals surface area contributed by atoms with Crippen molar-refractivity contribution in [3.8, 4) is 11.5 Å². The molecule has 0 aliphatic rings. The largest absolute Gasteiger partial charge is 0.504 e. The van der Waals surface area contributed by atoms with Gasteiger partial charge in [0.15, 0.2) is 11.5 Å². The summed E-state index contributed by atoms with van der Waals surface area (Å²) in [7, 11) is 0. The van der Waals surface area contributed by atoms with Crippen molar-refractivity contribution < 1.29 is 14.9 Å². The van der Waals surface area contributed by atoms with Crippen LogP contribution in [0.5, 0.6) is 11.5 Å². The Morgan fingerprint density at radius 3 is 2.00 bits per heavy atom. The highest BCUT2D eigenvalue weighted by molar-refractivity contribution is 5.44. The minimum Gasteiger partial charge on any atom is -0.504 e. The summed E-state index contributed by atoms with van der Waals surface area (Å²) in [6.07, 6.45) is 14.5. The predicted octanol–water partition coefficient (Wildman–Crippen LogP) is 5.97. The molecule has 24 heavy (non-hydrogen) atoms. The number of phenolic OH excluding ortho intramolecular Hbond substituents is 2. The van der Waals surface area contributed by atoms with Gasteiger partial charge in [0.2, 0.25) is 0 Å². The summed E-state index contributed by atoms with van der Waals surface area (Å²) in [5, 5.41) is 19.2. The molecule has 0 aromatic heterocycles. The molecule has 0 aliphatic heterocycles. The zero-order valence-electron chi connectivity index (χ0n) is 15.4. The van der Waals surface area contributed by atoms with Crippen molar-refractivity contribution in [2.24, 2.45) is 0 Å². The number of hydrogen-bond donors (Lipinski definition) is 2. The molecule has 138 valence electrons. The maximum absolute atomic E-state index is 9.74. The summed E-state index contributed by atoms with van der Waals surface area (Å²) in [5.74, 6) is 0.0298. The highest BCUT2D eigenvalue weighted by Gasteiger charge is 2.04. The van der Waals surface area contributed by atoms with Gasteiger partial charge in [-0.25, -0.2) is 0 Å². The maximum Gasteiger partial charge on any atom is 0.160 e. The van der Waals surface area contributed by atoms with Gasteiger partial charge in [-0.15, -0.1) is 0 Å². The van der Waals surface area contributed by atoms with E-state index < -0.39 is 0 Å². The second kappa shape index (κ2) is 14.2. The maximum atomic E-state index is 9.74. The fourth-order valence-corrected chi connectivity index (χ4v) is 2.92. The zero-order chi connectivity index (χ0) is 17.5. The first kappa shape index (κ1) is 20.8. The molecule has 0 saturated carbocycles. The SMILES string of the molecule is CCCCCCCOCCCCCCCCc1cccc(O)c1O. The Morgan fingerprint density at radius 1 is 0.750 bits per heavy atom. The molecule has 1 aromatic rings. The Balaban J connectivity index is 1.85. The quantitative estimate of drug-likeness (QED) is 0.306. The molecule has 1 aromatic carbocycles. The molecule has 0 atom stereocenters. The number of aromatic hydroxyl groups is 2. The van der Waals surface area contributed by atoms with Gasteiger partial charge in [-0.2, -0.15) is 0 Å². The molecule has 0 fully saturated rings. The lowest BCUT2D eigenvalue weighted by Crippen LogP contribution is -1.97. The van der Waals surface area contributed by atoms with Crippen LogP contribution >= 0.6 is 0 Å². The lowest BCUT2D eigenvalue weighted by atomic mass is 10.0. The van der Waals surface area contributed by atoms with Gasteiger partial charge in [-0.1, -0.05) is 70.4 Å². The van der Waals surface area contributed by atoms with Crippen molar-refractivity contribution in [1.82, 2.24) is 0 Å². The molecule has 0 unspecified atom stereocenters. The first-order chi connectivity index (χ1) is 11.8. The van der Waals surface area contributed by atoms with Crippen LogP contribution in [0.25, 0.3) is 0 Å². The number of rotatable bonds is 15. The van der Waals surface area contributed by atoms with E-state index in [1.165, 1.54) is 70.3 Å².